The molecular formula is C11H8F4N2. The largest absolute Gasteiger partial charge is 0.376 e. The topological polar surface area (TPSA) is 27.8 Å². The van der Waals surface area contributed by atoms with Gasteiger partial charge in [0, 0.05) is 25.0 Å². The zero-order chi connectivity index (χ0) is 12.4. The fourth-order valence-corrected chi connectivity index (χ4v) is 1.39. The quantitative estimate of drug-likeness (QED) is 0.629. The Kier molecular flexibility index (Phi) is 3.03. The molecule has 1 aromatic carbocycles. The van der Waals surface area contributed by atoms with Crippen LogP contribution in [0, 0.1) is 23.3 Å². The minimum Gasteiger partial charge on any atom is -0.376 e. The Bertz CT molecular complexity index is 497. The molecule has 0 saturated carbocycles. The van der Waals surface area contributed by atoms with Crippen LogP contribution in [0.1, 0.15) is 5.56 Å². The maximum absolute atomic E-state index is 13.2. The summed E-state index contributed by atoms with van der Waals surface area (Å²) in [6.07, 6.45) is 3.22. The summed E-state index contributed by atoms with van der Waals surface area (Å²) >= 11 is 0. The van der Waals surface area contributed by atoms with Crippen molar-refractivity contribution in [3.8, 4) is 0 Å². The predicted octanol–water partition coefficient (Wildman–Crippen LogP) is 3.18. The molecule has 0 unspecified atom stereocenters. The zero-order valence-electron chi connectivity index (χ0n) is 8.53. The molecule has 2 nitrogen and oxygen atoms in total. The second-order valence-electron chi connectivity index (χ2n) is 3.42. The molecule has 0 aliphatic rings. The Morgan fingerprint density at radius 2 is 1.71 bits per heavy atom. The fourth-order valence-electron chi connectivity index (χ4n) is 1.39. The van der Waals surface area contributed by atoms with Gasteiger partial charge in [0.25, 0.3) is 0 Å². The van der Waals surface area contributed by atoms with Gasteiger partial charge in [-0.05, 0) is 11.6 Å². The van der Waals surface area contributed by atoms with Crippen molar-refractivity contribution in [2.45, 2.75) is 6.54 Å². The Balaban J connectivity index is 2.26. The molecule has 0 bridgehead atoms. The van der Waals surface area contributed by atoms with Gasteiger partial charge >= 0.3 is 0 Å². The van der Waals surface area contributed by atoms with Crippen molar-refractivity contribution in [1.29, 1.82) is 0 Å². The van der Waals surface area contributed by atoms with E-state index in [1.54, 1.807) is 18.5 Å². The highest BCUT2D eigenvalue weighted by molar-refractivity contribution is 5.47. The number of anilines is 1. The first kappa shape index (κ1) is 11.5. The lowest BCUT2D eigenvalue weighted by molar-refractivity contribution is 0.458. The number of benzene rings is 1. The van der Waals surface area contributed by atoms with E-state index >= 15 is 0 Å². The highest BCUT2D eigenvalue weighted by Crippen LogP contribution is 2.24. The van der Waals surface area contributed by atoms with Crippen molar-refractivity contribution < 1.29 is 17.6 Å². The molecule has 1 heterocycles. The molecule has 0 aliphatic carbocycles. The van der Waals surface area contributed by atoms with Crippen LogP contribution in [-0.4, -0.2) is 4.98 Å². The zero-order valence-corrected chi connectivity index (χ0v) is 8.53. The van der Waals surface area contributed by atoms with E-state index < -0.39 is 29.0 Å². The smallest absolute Gasteiger partial charge is 0.185 e. The summed E-state index contributed by atoms with van der Waals surface area (Å²) in [5.41, 5.74) is -0.0998. The van der Waals surface area contributed by atoms with Gasteiger partial charge in [0.05, 0.1) is 0 Å². The number of aromatic nitrogens is 1. The molecule has 90 valence electrons. The first-order chi connectivity index (χ1) is 8.09. The molecule has 17 heavy (non-hydrogen) atoms. The van der Waals surface area contributed by atoms with Crippen molar-refractivity contribution >= 4 is 5.69 Å². The summed E-state index contributed by atoms with van der Waals surface area (Å²) in [5.74, 6) is -5.72. The van der Waals surface area contributed by atoms with Gasteiger partial charge in [-0.1, -0.05) is 0 Å². The van der Waals surface area contributed by atoms with Crippen molar-refractivity contribution in [1.82, 2.24) is 4.98 Å². The molecule has 0 radical (unpaired) electrons. The molecule has 0 aliphatic heterocycles. The SMILES string of the molecule is Fc1cc(F)c(F)c(NCc2cc[nH]c2)c1F. The van der Waals surface area contributed by atoms with Gasteiger partial charge in [-0.3, -0.25) is 0 Å². The molecule has 2 N–H and O–H groups in total. The van der Waals surface area contributed by atoms with Crippen molar-refractivity contribution in [2.75, 3.05) is 5.32 Å². The third kappa shape index (κ3) is 2.25. The first-order valence-corrected chi connectivity index (χ1v) is 4.78. The minimum absolute atomic E-state index is 0.0558. The second-order valence-corrected chi connectivity index (χ2v) is 3.42. The summed E-state index contributed by atoms with van der Waals surface area (Å²) in [6, 6.07) is 1.84. The van der Waals surface area contributed by atoms with E-state index in [9.17, 15) is 17.6 Å². The fraction of sp³-hybridized carbons (Fsp3) is 0.0909. The van der Waals surface area contributed by atoms with E-state index in [4.69, 9.17) is 0 Å². The summed E-state index contributed by atoms with van der Waals surface area (Å²) < 4.78 is 52.2. The highest BCUT2D eigenvalue weighted by Gasteiger charge is 2.18. The van der Waals surface area contributed by atoms with Crippen LogP contribution in [0.25, 0.3) is 0 Å². The lowest BCUT2D eigenvalue weighted by Crippen LogP contribution is -2.06. The maximum Gasteiger partial charge on any atom is 0.185 e. The number of rotatable bonds is 3. The number of hydrogen-bond acceptors (Lipinski definition) is 1. The van der Waals surface area contributed by atoms with Gasteiger partial charge in [0.2, 0.25) is 0 Å². The Labute approximate surface area is 94.3 Å². The Morgan fingerprint density at radius 3 is 2.24 bits per heavy atom. The Morgan fingerprint density at radius 1 is 1.06 bits per heavy atom. The van der Waals surface area contributed by atoms with E-state index in [2.05, 4.69) is 10.3 Å². The van der Waals surface area contributed by atoms with Crippen LogP contribution in [0.3, 0.4) is 0 Å². The number of halogens is 4. The van der Waals surface area contributed by atoms with E-state index in [1.807, 2.05) is 0 Å². The third-order valence-electron chi connectivity index (χ3n) is 2.24. The van der Waals surface area contributed by atoms with E-state index in [0.717, 1.165) is 0 Å². The molecule has 1 aromatic heterocycles. The van der Waals surface area contributed by atoms with Gasteiger partial charge in [0.15, 0.2) is 23.3 Å². The predicted molar refractivity (Wildman–Crippen MR) is 54.4 cm³/mol. The number of H-pyrrole nitrogens is 1. The standard InChI is InChI=1S/C11H8F4N2/c12-7-3-8(13)10(15)11(9(7)14)17-5-6-1-2-16-4-6/h1-4,16-17H,5H2. The Hall–Kier alpha value is -1.98. The van der Waals surface area contributed by atoms with Crippen LogP contribution in [0.2, 0.25) is 0 Å². The third-order valence-corrected chi connectivity index (χ3v) is 2.24. The van der Waals surface area contributed by atoms with E-state index in [1.165, 1.54) is 0 Å². The van der Waals surface area contributed by atoms with Crippen LogP contribution in [0.5, 0.6) is 0 Å². The summed E-state index contributed by atoms with van der Waals surface area (Å²) in [6.45, 7) is 0.0558. The van der Waals surface area contributed by atoms with Crippen LogP contribution in [-0.2, 0) is 6.54 Å². The minimum atomic E-state index is -1.43. The average molecular weight is 244 g/mol. The van der Waals surface area contributed by atoms with Crippen molar-refractivity contribution in [3.05, 3.63) is 53.4 Å². The molecule has 2 aromatic rings. The maximum atomic E-state index is 13.2. The number of nitrogens with one attached hydrogen (secondary N) is 2. The average Bonchev–Trinajstić information content (AvgIpc) is 2.79. The molecule has 2 rings (SSSR count). The monoisotopic (exact) mass is 244 g/mol. The molecular weight excluding hydrogens is 236 g/mol. The van der Waals surface area contributed by atoms with Crippen molar-refractivity contribution in [3.63, 3.8) is 0 Å². The van der Waals surface area contributed by atoms with Crippen molar-refractivity contribution in [2.24, 2.45) is 0 Å². The molecule has 0 spiro atoms. The normalized spacial score (nSPS) is 10.6. The molecule has 0 amide bonds. The molecule has 6 heteroatoms. The van der Waals surface area contributed by atoms with E-state index in [0.29, 0.717) is 5.56 Å². The van der Waals surface area contributed by atoms with Gasteiger partial charge in [-0.25, -0.2) is 17.6 Å². The van der Waals surface area contributed by atoms with Gasteiger partial charge in [-0.2, -0.15) is 0 Å². The highest BCUT2D eigenvalue weighted by atomic mass is 19.2. The van der Waals surface area contributed by atoms with Gasteiger partial charge in [0.1, 0.15) is 5.69 Å². The van der Waals surface area contributed by atoms with E-state index in [-0.39, 0.29) is 12.6 Å². The lowest BCUT2D eigenvalue weighted by Gasteiger charge is -2.08. The summed E-state index contributed by atoms with van der Waals surface area (Å²) in [7, 11) is 0. The van der Waals surface area contributed by atoms with Crippen LogP contribution in [0.15, 0.2) is 24.5 Å². The van der Waals surface area contributed by atoms with Crippen LogP contribution < -0.4 is 5.32 Å². The molecule has 0 atom stereocenters. The molecule has 0 saturated heterocycles. The number of hydrogen-bond donors (Lipinski definition) is 2. The summed E-state index contributed by atoms with van der Waals surface area (Å²) in [4.78, 5) is 2.74. The van der Waals surface area contributed by atoms with Crippen LogP contribution >= 0.6 is 0 Å². The van der Waals surface area contributed by atoms with Gasteiger partial charge < -0.3 is 10.3 Å². The number of aromatic amines is 1. The molecule has 0 fully saturated rings. The van der Waals surface area contributed by atoms with Crippen LogP contribution in [0.4, 0.5) is 23.2 Å². The lowest BCUT2D eigenvalue weighted by atomic mass is 10.2. The van der Waals surface area contributed by atoms with Gasteiger partial charge in [-0.15, -0.1) is 0 Å². The first-order valence-electron chi connectivity index (χ1n) is 4.78. The second kappa shape index (κ2) is 4.48. The summed E-state index contributed by atoms with van der Waals surface area (Å²) in [5, 5.41) is 2.32.